The quantitative estimate of drug-likeness (QED) is 0.705. The van der Waals surface area contributed by atoms with Crippen LogP contribution >= 0.6 is 0 Å². The molecule has 1 amide bonds. The first-order chi connectivity index (χ1) is 7.99. The van der Waals surface area contributed by atoms with E-state index in [9.17, 15) is 9.59 Å². The molecule has 1 aliphatic rings. The van der Waals surface area contributed by atoms with Gasteiger partial charge in [0.15, 0.2) is 0 Å². The number of fused-ring (bicyclic) bond motifs is 1. The number of rotatable bonds is 3. The van der Waals surface area contributed by atoms with Gasteiger partial charge < -0.3 is 15.7 Å². The lowest BCUT2D eigenvalue weighted by atomic mass is 10.1. The van der Waals surface area contributed by atoms with Crippen molar-refractivity contribution in [2.45, 2.75) is 25.8 Å². The SMILES string of the molecule is Cc1nn(C)c2c1NC(=O)C(CCC(=O)O)N2. The van der Waals surface area contributed by atoms with E-state index in [0.29, 0.717) is 5.69 Å². The first kappa shape index (κ1) is 11.4. The number of aryl methyl sites for hydroxylation is 2. The van der Waals surface area contributed by atoms with E-state index >= 15 is 0 Å². The molecule has 2 heterocycles. The van der Waals surface area contributed by atoms with Crippen LogP contribution in [-0.2, 0) is 16.6 Å². The summed E-state index contributed by atoms with van der Waals surface area (Å²) >= 11 is 0. The Balaban J connectivity index is 2.17. The highest BCUT2D eigenvalue weighted by Gasteiger charge is 2.29. The lowest BCUT2D eigenvalue weighted by molar-refractivity contribution is -0.137. The minimum Gasteiger partial charge on any atom is -0.481 e. The number of carbonyl (C=O) groups excluding carboxylic acids is 1. The van der Waals surface area contributed by atoms with Crippen LogP contribution in [0.2, 0.25) is 0 Å². The van der Waals surface area contributed by atoms with Crippen molar-refractivity contribution in [2.24, 2.45) is 7.05 Å². The monoisotopic (exact) mass is 238 g/mol. The molecule has 3 N–H and O–H groups in total. The van der Waals surface area contributed by atoms with E-state index in [4.69, 9.17) is 5.11 Å². The highest BCUT2D eigenvalue weighted by atomic mass is 16.4. The van der Waals surface area contributed by atoms with Crippen molar-refractivity contribution in [3.05, 3.63) is 5.69 Å². The molecule has 1 atom stereocenters. The fourth-order valence-electron chi connectivity index (χ4n) is 1.89. The van der Waals surface area contributed by atoms with Crippen LogP contribution in [0.3, 0.4) is 0 Å². The predicted octanol–water partition coefficient (Wildman–Crippen LogP) is 0.326. The van der Waals surface area contributed by atoms with Gasteiger partial charge in [-0.15, -0.1) is 0 Å². The Kier molecular flexibility index (Phi) is 2.74. The van der Waals surface area contributed by atoms with E-state index in [2.05, 4.69) is 15.7 Å². The van der Waals surface area contributed by atoms with Crippen molar-refractivity contribution in [3.63, 3.8) is 0 Å². The summed E-state index contributed by atoms with van der Waals surface area (Å²) in [6.07, 6.45) is 0.210. The Bertz CT molecular complexity index is 480. The zero-order valence-electron chi connectivity index (χ0n) is 9.65. The number of nitrogens with zero attached hydrogens (tertiary/aromatic N) is 2. The summed E-state index contributed by atoms with van der Waals surface area (Å²) in [5, 5.41) is 18.5. The standard InChI is InChI=1S/C10H14N4O3/c1-5-8-9(14(2)13-5)11-6(10(17)12-8)3-4-7(15)16/h6,11H,3-4H2,1-2H3,(H,12,17)(H,15,16). The van der Waals surface area contributed by atoms with Crippen molar-refractivity contribution in [1.82, 2.24) is 9.78 Å². The number of aliphatic carboxylic acids is 1. The summed E-state index contributed by atoms with van der Waals surface area (Å²) in [5.74, 6) is -0.404. The molecule has 2 rings (SSSR count). The number of hydrogen-bond acceptors (Lipinski definition) is 4. The van der Waals surface area contributed by atoms with E-state index < -0.39 is 12.0 Å². The second kappa shape index (κ2) is 4.08. The first-order valence-corrected chi connectivity index (χ1v) is 5.32. The third-order valence-electron chi connectivity index (χ3n) is 2.74. The van der Waals surface area contributed by atoms with Gasteiger partial charge in [0.1, 0.15) is 17.5 Å². The molecule has 1 unspecified atom stereocenters. The van der Waals surface area contributed by atoms with Gasteiger partial charge in [-0.3, -0.25) is 14.3 Å². The van der Waals surface area contributed by atoms with Gasteiger partial charge in [-0.2, -0.15) is 5.10 Å². The number of aromatic nitrogens is 2. The summed E-state index contributed by atoms with van der Waals surface area (Å²) < 4.78 is 1.64. The molecule has 7 heteroatoms. The number of anilines is 2. The lowest BCUT2D eigenvalue weighted by Crippen LogP contribution is -2.39. The number of carboxylic acid groups (broad SMARTS) is 1. The molecule has 7 nitrogen and oxygen atoms in total. The van der Waals surface area contributed by atoms with Crippen LogP contribution < -0.4 is 10.6 Å². The van der Waals surface area contributed by atoms with Crippen molar-refractivity contribution >= 4 is 23.4 Å². The Morgan fingerprint density at radius 2 is 2.29 bits per heavy atom. The molecule has 1 aliphatic heterocycles. The van der Waals surface area contributed by atoms with E-state index in [1.165, 1.54) is 0 Å². The molecule has 1 aromatic heterocycles. The molecule has 0 bridgehead atoms. The molecule has 0 radical (unpaired) electrons. The highest BCUT2D eigenvalue weighted by molar-refractivity contribution is 6.03. The zero-order chi connectivity index (χ0) is 12.6. The molecule has 1 aromatic rings. The van der Waals surface area contributed by atoms with E-state index in [1.807, 2.05) is 0 Å². The van der Waals surface area contributed by atoms with Crippen LogP contribution in [0.25, 0.3) is 0 Å². The average molecular weight is 238 g/mol. The Morgan fingerprint density at radius 3 is 2.94 bits per heavy atom. The average Bonchev–Trinajstić information content (AvgIpc) is 2.51. The molecular weight excluding hydrogens is 224 g/mol. The van der Waals surface area contributed by atoms with Crippen LogP contribution in [0, 0.1) is 6.92 Å². The Morgan fingerprint density at radius 1 is 1.59 bits per heavy atom. The van der Waals surface area contributed by atoms with Crippen LogP contribution in [0.4, 0.5) is 11.5 Å². The Hall–Kier alpha value is -2.05. The van der Waals surface area contributed by atoms with Gasteiger partial charge in [-0.25, -0.2) is 0 Å². The molecule has 17 heavy (non-hydrogen) atoms. The van der Waals surface area contributed by atoms with Gasteiger partial charge in [0.05, 0.1) is 5.69 Å². The number of carbonyl (C=O) groups is 2. The fourth-order valence-corrected chi connectivity index (χ4v) is 1.89. The van der Waals surface area contributed by atoms with Gasteiger partial charge in [-0.1, -0.05) is 0 Å². The number of carboxylic acids is 1. The van der Waals surface area contributed by atoms with Gasteiger partial charge in [0, 0.05) is 13.5 Å². The molecule has 0 spiro atoms. The summed E-state index contributed by atoms with van der Waals surface area (Å²) in [4.78, 5) is 22.2. The fraction of sp³-hybridized carbons (Fsp3) is 0.500. The Labute approximate surface area is 97.8 Å². The second-order valence-corrected chi connectivity index (χ2v) is 4.05. The molecular formula is C10H14N4O3. The van der Waals surface area contributed by atoms with Gasteiger partial charge in [0.25, 0.3) is 0 Å². The lowest BCUT2D eigenvalue weighted by Gasteiger charge is -2.24. The van der Waals surface area contributed by atoms with Crippen molar-refractivity contribution in [1.29, 1.82) is 0 Å². The first-order valence-electron chi connectivity index (χ1n) is 5.32. The van der Waals surface area contributed by atoms with Crippen LogP contribution in [0.15, 0.2) is 0 Å². The summed E-state index contributed by atoms with van der Waals surface area (Å²) in [6, 6.07) is -0.520. The van der Waals surface area contributed by atoms with Gasteiger partial charge >= 0.3 is 5.97 Å². The number of nitrogens with one attached hydrogen (secondary N) is 2. The smallest absolute Gasteiger partial charge is 0.303 e. The topological polar surface area (TPSA) is 96.2 Å². The summed E-state index contributed by atoms with van der Waals surface area (Å²) in [7, 11) is 1.77. The predicted molar refractivity (Wildman–Crippen MR) is 60.9 cm³/mol. The molecule has 0 aromatic carbocycles. The van der Waals surface area contributed by atoms with Crippen LogP contribution in [0.1, 0.15) is 18.5 Å². The minimum absolute atomic E-state index is 0.0444. The van der Waals surface area contributed by atoms with Crippen LogP contribution in [0.5, 0.6) is 0 Å². The van der Waals surface area contributed by atoms with Gasteiger partial charge in [-0.05, 0) is 13.3 Å². The molecule has 0 fully saturated rings. The zero-order valence-corrected chi connectivity index (χ0v) is 9.65. The third kappa shape index (κ3) is 2.08. The highest BCUT2D eigenvalue weighted by Crippen LogP contribution is 2.30. The largest absolute Gasteiger partial charge is 0.481 e. The normalized spacial score (nSPS) is 18.2. The van der Waals surface area contributed by atoms with Crippen molar-refractivity contribution in [3.8, 4) is 0 Å². The van der Waals surface area contributed by atoms with E-state index in [1.54, 1.807) is 18.7 Å². The van der Waals surface area contributed by atoms with Crippen molar-refractivity contribution < 1.29 is 14.7 Å². The van der Waals surface area contributed by atoms with Gasteiger partial charge in [0.2, 0.25) is 5.91 Å². The summed E-state index contributed by atoms with van der Waals surface area (Å²) in [5.41, 5.74) is 1.41. The number of amides is 1. The van der Waals surface area contributed by atoms with E-state index in [0.717, 1.165) is 11.5 Å². The van der Waals surface area contributed by atoms with Crippen LogP contribution in [-0.4, -0.2) is 32.8 Å². The number of hydrogen-bond donors (Lipinski definition) is 3. The molecule has 0 saturated heterocycles. The molecule has 92 valence electrons. The molecule has 0 saturated carbocycles. The maximum absolute atomic E-state index is 11.7. The minimum atomic E-state index is -0.911. The second-order valence-electron chi connectivity index (χ2n) is 4.05. The maximum atomic E-state index is 11.7. The maximum Gasteiger partial charge on any atom is 0.303 e. The van der Waals surface area contributed by atoms with E-state index in [-0.39, 0.29) is 18.7 Å². The molecule has 0 aliphatic carbocycles. The third-order valence-corrected chi connectivity index (χ3v) is 2.74. The summed E-state index contributed by atoms with van der Waals surface area (Å²) in [6.45, 7) is 1.80. The van der Waals surface area contributed by atoms with Crippen molar-refractivity contribution in [2.75, 3.05) is 10.6 Å².